The number of nitrogens with zero attached hydrogens (tertiary/aromatic N) is 2. The van der Waals surface area contributed by atoms with Crippen LogP contribution in [0, 0.1) is 10.1 Å². The van der Waals surface area contributed by atoms with E-state index in [0.29, 0.717) is 5.69 Å². The number of amides is 1. The Bertz CT molecular complexity index is 931. The van der Waals surface area contributed by atoms with E-state index < -0.39 is 26.9 Å². The summed E-state index contributed by atoms with van der Waals surface area (Å²) in [6.07, 6.45) is 0.940. The third kappa shape index (κ3) is 4.79. The van der Waals surface area contributed by atoms with Gasteiger partial charge >= 0.3 is 0 Å². The molecule has 0 fully saturated rings. The first-order valence-electron chi connectivity index (χ1n) is 7.40. The third-order valence-corrected chi connectivity index (χ3v) is 5.27. The Labute approximate surface area is 159 Å². The predicted octanol–water partition coefficient (Wildman–Crippen LogP) is 3.15. The molecule has 0 spiro atoms. The van der Waals surface area contributed by atoms with Crippen LogP contribution in [0.2, 0.25) is 0 Å². The van der Waals surface area contributed by atoms with Crippen LogP contribution in [0.4, 0.5) is 17.1 Å². The second-order valence-corrected chi connectivity index (χ2v) is 8.28. The van der Waals surface area contributed by atoms with Crippen LogP contribution in [-0.2, 0) is 14.8 Å². The average molecular weight is 442 g/mol. The van der Waals surface area contributed by atoms with Crippen molar-refractivity contribution in [1.29, 1.82) is 0 Å². The Morgan fingerprint density at radius 1 is 1.23 bits per heavy atom. The molecule has 0 saturated heterocycles. The molecule has 0 bridgehead atoms. The van der Waals surface area contributed by atoms with E-state index in [1.165, 1.54) is 25.1 Å². The molecule has 2 rings (SSSR count). The van der Waals surface area contributed by atoms with Gasteiger partial charge in [-0.3, -0.25) is 19.2 Å². The standard InChI is InChI=1S/C16H16BrN3O5S/c1-11(16(21)18-13-8-6-12(17)7-9-13)19(26(2,24)25)14-4-3-5-15(10-14)20(22)23/h3-11H,1-2H3,(H,18,21). The summed E-state index contributed by atoms with van der Waals surface area (Å²) in [6, 6.07) is 10.8. The van der Waals surface area contributed by atoms with Gasteiger partial charge in [0.1, 0.15) is 6.04 Å². The number of carbonyl (C=O) groups is 1. The first kappa shape index (κ1) is 19.9. The summed E-state index contributed by atoms with van der Waals surface area (Å²) in [5.74, 6) is -0.566. The summed E-state index contributed by atoms with van der Waals surface area (Å²) in [5.41, 5.74) is 0.273. The van der Waals surface area contributed by atoms with Crippen LogP contribution >= 0.6 is 15.9 Å². The lowest BCUT2D eigenvalue weighted by Crippen LogP contribution is -2.45. The van der Waals surface area contributed by atoms with E-state index in [2.05, 4.69) is 21.2 Å². The molecule has 2 aromatic carbocycles. The zero-order chi connectivity index (χ0) is 19.5. The number of sulfonamides is 1. The van der Waals surface area contributed by atoms with Crippen LogP contribution < -0.4 is 9.62 Å². The van der Waals surface area contributed by atoms with Gasteiger partial charge in [0, 0.05) is 22.3 Å². The normalized spacial score (nSPS) is 12.3. The van der Waals surface area contributed by atoms with Crippen LogP contribution in [0.25, 0.3) is 0 Å². The fraction of sp³-hybridized carbons (Fsp3) is 0.188. The molecule has 0 saturated carbocycles. The highest BCUT2D eigenvalue weighted by atomic mass is 79.9. The first-order valence-corrected chi connectivity index (χ1v) is 10.0. The minimum absolute atomic E-state index is 0.0418. The highest BCUT2D eigenvalue weighted by molar-refractivity contribution is 9.10. The van der Waals surface area contributed by atoms with Crippen LogP contribution in [0.3, 0.4) is 0 Å². The zero-order valence-corrected chi connectivity index (χ0v) is 16.3. The summed E-state index contributed by atoms with van der Waals surface area (Å²) in [7, 11) is -3.86. The molecule has 0 aliphatic heterocycles. The molecular formula is C16H16BrN3O5S. The quantitative estimate of drug-likeness (QED) is 0.546. The number of halogens is 1. The molecule has 8 nitrogen and oxygen atoms in total. The molecule has 0 aliphatic carbocycles. The lowest BCUT2D eigenvalue weighted by Gasteiger charge is -2.28. The topological polar surface area (TPSA) is 110 Å². The van der Waals surface area contributed by atoms with Gasteiger partial charge < -0.3 is 5.32 Å². The van der Waals surface area contributed by atoms with E-state index in [-0.39, 0.29) is 11.4 Å². The number of nitrogens with one attached hydrogen (secondary N) is 1. The predicted molar refractivity (Wildman–Crippen MR) is 103 cm³/mol. The van der Waals surface area contributed by atoms with Crippen LogP contribution in [0.1, 0.15) is 6.92 Å². The van der Waals surface area contributed by atoms with E-state index in [1.807, 2.05) is 0 Å². The molecule has 26 heavy (non-hydrogen) atoms. The number of non-ortho nitro benzene ring substituents is 1. The highest BCUT2D eigenvalue weighted by Gasteiger charge is 2.30. The molecule has 1 unspecified atom stereocenters. The molecule has 2 aromatic rings. The number of benzene rings is 2. The number of carbonyl (C=O) groups excluding carboxylic acids is 1. The van der Waals surface area contributed by atoms with E-state index in [9.17, 15) is 23.3 Å². The van der Waals surface area contributed by atoms with Crippen molar-refractivity contribution in [1.82, 2.24) is 0 Å². The fourth-order valence-corrected chi connectivity index (χ4v) is 3.76. The molecule has 1 N–H and O–H groups in total. The summed E-state index contributed by atoms with van der Waals surface area (Å²) in [4.78, 5) is 22.8. The van der Waals surface area contributed by atoms with Crippen molar-refractivity contribution in [2.24, 2.45) is 0 Å². The molecule has 1 amide bonds. The number of hydrogen-bond donors (Lipinski definition) is 1. The van der Waals surface area contributed by atoms with Gasteiger partial charge in [0.15, 0.2) is 0 Å². The third-order valence-electron chi connectivity index (χ3n) is 3.50. The zero-order valence-electron chi connectivity index (χ0n) is 13.9. The smallest absolute Gasteiger partial charge is 0.271 e. The van der Waals surface area contributed by atoms with Crippen molar-refractivity contribution in [3.8, 4) is 0 Å². The van der Waals surface area contributed by atoms with E-state index in [1.54, 1.807) is 24.3 Å². The van der Waals surface area contributed by atoms with Gasteiger partial charge in [-0.15, -0.1) is 0 Å². The minimum atomic E-state index is -3.86. The molecule has 138 valence electrons. The van der Waals surface area contributed by atoms with E-state index in [0.717, 1.165) is 21.1 Å². The number of nitro groups is 1. The van der Waals surface area contributed by atoms with Gasteiger partial charge in [-0.1, -0.05) is 22.0 Å². The Hall–Kier alpha value is -2.46. The lowest BCUT2D eigenvalue weighted by molar-refractivity contribution is -0.384. The molecule has 10 heteroatoms. The maximum Gasteiger partial charge on any atom is 0.271 e. The fourth-order valence-electron chi connectivity index (χ4n) is 2.33. The Balaban J connectivity index is 2.34. The summed E-state index contributed by atoms with van der Waals surface area (Å²) < 4.78 is 26.1. The highest BCUT2D eigenvalue weighted by Crippen LogP contribution is 2.26. The average Bonchev–Trinajstić information content (AvgIpc) is 2.56. The molecular weight excluding hydrogens is 426 g/mol. The maximum atomic E-state index is 12.5. The Morgan fingerprint density at radius 3 is 2.38 bits per heavy atom. The summed E-state index contributed by atoms with van der Waals surface area (Å²) >= 11 is 3.28. The molecule has 0 heterocycles. The van der Waals surface area contributed by atoms with Crippen molar-refractivity contribution in [3.05, 3.63) is 63.1 Å². The van der Waals surface area contributed by atoms with E-state index in [4.69, 9.17) is 0 Å². The molecule has 0 radical (unpaired) electrons. The van der Waals surface area contributed by atoms with Crippen molar-refractivity contribution in [2.75, 3.05) is 15.9 Å². The molecule has 0 aliphatic rings. The van der Waals surface area contributed by atoms with Crippen LogP contribution in [-0.4, -0.2) is 31.5 Å². The summed E-state index contributed by atoms with van der Waals surface area (Å²) in [5, 5.41) is 13.6. The second kappa shape index (κ2) is 7.83. The van der Waals surface area contributed by atoms with Gasteiger partial charge in [0.25, 0.3) is 5.69 Å². The van der Waals surface area contributed by atoms with Crippen molar-refractivity contribution in [2.45, 2.75) is 13.0 Å². The van der Waals surface area contributed by atoms with Crippen LogP contribution in [0.5, 0.6) is 0 Å². The SMILES string of the molecule is CC(C(=O)Nc1ccc(Br)cc1)N(c1cccc([N+](=O)[O-])c1)S(C)(=O)=O. The molecule has 0 aromatic heterocycles. The van der Waals surface area contributed by atoms with Crippen molar-refractivity contribution < 1.29 is 18.1 Å². The van der Waals surface area contributed by atoms with Gasteiger partial charge in [-0.25, -0.2) is 8.42 Å². The Morgan fingerprint density at radius 2 is 1.85 bits per heavy atom. The molecule has 1 atom stereocenters. The number of nitro benzene ring substituents is 1. The number of anilines is 2. The van der Waals surface area contributed by atoms with Gasteiger partial charge in [0.2, 0.25) is 15.9 Å². The second-order valence-electron chi connectivity index (χ2n) is 5.51. The van der Waals surface area contributed by atoms with Crippen molar-refractivity contribution >= 4 is 48.9 Å². The first-order chi connectivity index (χ1) is 12.1. The number of rotatable bonds is 6. The summed E-state index contributed by atoms with van der Waals surface area (Å²) in [6.45, 7) is 1.41. The number of hydrogen-bond acceptors (Lipinski definition) is 5. The monoisotopic (exact) mass is 441 g/mol. The van der Waals surface area contributed by atoms with Gasteiger partial charge in [-0.2, -0.15) is 0 Å². The maximum absolute atomic E-state index is 12.5. The minimum Gasteiger partial charge on any atom is -0.324 e. The van der Waals surface area contributed by atoms with E-state index >= 15 is 0 Å². The lowest BCUT2D eigenvalue weighted by atomic mass is 10.2. The van der Waals surface area contributed by atoms with Crippen molar-refractivity contribution in [3.63, 3.8) is 0 Å². The van der Waals surface area contributed by atoms with Crippen LogP contribution in [0.15, 0.2) is 53.0 Å². The van der Waals surface area contributed by atoms with Gasteiger partial charge in [0.05, 0.1) is 16.9 Å². The Kier molecular flexibility index (Phi) is 5.98. The largest absolute Gasteiger partial charge is 0.324 e. The van der Waals surface area contributed by atoms with Gasteiger partial charge in [-0.05, 0) is 37.3 Å².